The molecule has 2 aromatic heterocycles. The first-order valence-electron chi connectivity index (χ1n) is 20.6. The SMILES string of the molecule is CC1(C)c2ccccc2-c2ccc(N3B4c5c(cc6c(c5-n5c7c4cccc7c4sc7ccccc7c45)C(C)(C)c4ccccc4-6)-c4cc5ccccc5cc43)cc21. The number of hydrogen-bond acceptors (Lipinski definition) is 2. The van der Waals surface area contributed by atoms with Crippen molar-refractivity contribution in [2.45, 2.75) is 38.5 Å². The number of benzene rings is 8. The topological polar surface area (TPSA) is 8.17 Å². The summed E-state index contributed by atoms with van der Waals surface area (Å²) in [5.74, 6) is 0. The molecule has 0 saturated carbocycles. The third-order valence-corrected chi connectivity index (χ3v) is 15.7. The van der Waals surface area contributed by atoms with Crippen LogP contribution in [0.5, 0.6) is 0 Å². The van der Waals surface area contributed by atoms with Crippen molar-refractivity contribution in [1.29, 1.82) is 0 Å². The van der Waals surface area contributed by atoms with Crippen molar-refractivity contribution in [3.8, 4) is 39.1 Å². The molecule has 0 radical (unpaired) electrons. The molecule has 0 N–H and O–H groups in total. The fraction of sp³-hybridized carbons (Fsp3) is 0.111. The molecule has 2 aliphatic carbocycles. The average Bonchev–Trinajstić information content (AvgIpc) is 3.92. The van der Waals surface area contributed by atoms with Gasteiger partial charge in [0.15, 0.2) is 0 Å². The van der Waals surface area contributed by atoms with Crippen LogP contribution in [0.4, 0.5) is 11.4 Å². The van der Waals surface area contributed by atoms with Gasteiger partial charge in [0, 0.05) is 48.9 Å². The largest absolute Gasteiger partial charge is 0.376 e. The third kappa shape index (κ3) is 3.60. The molecule has 8 aromatic carbocycles. The lowest BCUT2D eigenvalue weighted by molar-refractivity contribution is 0.657. The molecule has 272 valence electrons. The first-order valence-corrected chi connectivity index (χ1v) is 21.5. The number of nitrogens with zero attached hydrogens (tertiary/aromatic N) is 2. The van der Waals surface area contributed by atoms with Crippen LogP contribution in [0.2, 0.25) is 0 Å². The van der Waals surface area contributed by atoms with E-state index in [-0.39, 0.29) is 17.7 Å². The Labute approximate surface area is 341 Å². The molecular formula is C54H37BN2S. The van der Waals surface area contributed by atoms with E-state index in [1.54, 1.807) is 0 Å². The quantitative estimate of drug-likeness (QED) is 0.151. The van der Waals surface area contributed by atoms with Crippen LogP contribution >= 0.6 is 11.3 Å². The van der Waals surface area contributed by atoms with Gasteiger partial charge < -0.3 is 9.38 Å². The number of hydrogen-bond donors (Lipinski definition) is 0. The van der Waals surface area contributed by atoms with E-state index in [1.807, 2.05) is 11.3 Å². The number of rotatable bonds is 1. The van der Waals surface area contributed by atoms with Gasteiger partial charge in [0.25, 0.3) is 0 Å². The molecule has 10 aromatic rings. The first-order chi connectivity index (χ1) is 28.3. The summed E-state index contributed by atoms with van der Waals surface area (Å²) in [6.45, 7) is 9.69. The Hall–Kier alpha value is -6.36. The van der Waals surface area contributed by atoms with Gasteiger partial charge in [-0.05, 0) is 108 Å². The van der Waals surface area contributed by atoms with Gasteiger partial charge in [0.2, 0.25) is 0 Å². The van der Waals surface area contributed by atoms with Crippen molar-refractivity contribution in [2.24, 2.45) is 0 Å². The fourth-order valence-corrected chi connectivity index (χ4v) is 13.2. The number of aromatic nitrogens is 1. The van der Waals surface area contributed by atoms with Gasteiger partial charge in [-0.25, -0.2) is 0 Å². The summed E-state index contributed by atoms with van der Waals surface area (Å²) >= 11 is 1.95. The summed E-state index contributed by atoms with van der Waals surface area (Å²) in [5.41, 5.74) is 22.8. The lowest BCUT2D eigenvalue weighted by atomic mass is 9.43. The molecule has 58 heavy (non-hydrogen) atoms. The Balaban J connectivity index is 1.18. The molecule has 0 unspecified atom stereocenters. The Morgan fingerprint density at radius 1 is 0.500 bits per heavy atom. The lowest BCUT2D eigenvalue weighted by Crippen LogP contribution is -2.61. The van der Waals surface area contributed by atoms with E-state index < -0.39 is 0 Å². The third-order valence-electron chi connectivity index (χ3n) is 14.5. The van der Waals surface area contributed by atoms with Gasteiger partial charge in [-0.3, -0.25) is 0 Å². The monoisotopic (exact) mass is 756 g/mol. The minimum atomic E-state index is -0.209. The number of thiophene rings is 1. The van der Waals surface area contributed by atoms with Crippen LogP contribution in [0, 0.1) is 0 Å². The van der Waals surface area contributed by atoms with E-state index >= 15 is 0 Å². The lowest BCUT2D eigenvalue weighted by Gasteiger charge is -2.44. The van der Waals surface area contributed by atoms with Gasteiger partial charge in [0.1, 0.15) is 0 Å². The van der Waals surface area contributed by atoms with Gasteiger partial charge in [-0.15, -0.1) is 11.3 Å². The predicted octanol–water partition coefficient (Wildman–Crippen LogP) is 13.0. The maximum atomic E-state index is 2.73. The van der Waals surface area contributed by atoms with Crippen molar-refractivity contribution < 1.29 is 0 Å². The van der Waals surface area contributed by atoms with E-state index in [9.17, 15) is 0 Å². The van der Waals surface area contributed by atoms with Crippen LogP contribution in [0.3, 0.4) is 0 Å². The van der Waals surface area contributed by atoms with Crippen molar-refractivity contribution in [3.05, 3.63) is 174 Å². The molecule has 4 heteroatoms. The minimum Gasteiger partial charge on any atom is -0.376 e. The molecule has 2 aliphatic heterocycles. The van der Waals surface area contributed by atoms with Crippen LogP contribution in [0.1, 0.15) is 49.9 Å². The zero-order valence-electron chi connectivity index (χ0n) is 32.8. The standard InChI is InChI=1S/C54H37BN2S/c1-53(2)41-20-10-7-16-33(41)35-25-24-32(28-43(35)53)57-45-27-31-15-6-5-14-30(31)26-38(45)40-29-39-34-17-8-11-21-42(34)54(3,4)47(39)51-48(40)55(57)44-22-13-19-37-49(44)56(51)50-36-18-9-12-23-46(36)58-52(37)50/h5-29H,1-4H3. The Morgan fingerprint density at radius 2 is 1.17 bits per heavy atom. The van der Waals surface area contributed by atoms with Crippen LogP contribution in [0.25, 0.3) is 81.0 Å². The highest BCUT2D eigenvalue weighted by molar-refractivity contribution is 7.26. The fourth-order valence-electron chi connectivity index (χ4n) is 12.0. The summed E-state index contributed by atoms with van der Waals surface area (Å²) in [6.07, 6.45) is 0. The molecule has 0 atom stereocenters. The number of fused-ring (bicyclic) bond motifs is 17. The highest BCUT2D eigenvalue weighted by Gasteiger charge is 2.49. The molecular weight excluding hydrogens is 719 g/mol. The molecule has 0 fully saturated rings. The van der Waals surface area contributed by atoms with E-state index in [2.05, 4.69) is 189 Å². The summed E-state index contributed by atoms with van der Waals surface area (Å²) in [5, 5.41) is 5.22. The maximum absolute atomic E-state index is 2.73. The van der Waals surface area contributed by atoms with Crippen LogP contribution in [0.15, 0.2) is 152 Å². The van der Waals surface area contributed by atoms with E-state index in [4.69, 9.17) is 0 Å². The molecule has 14 rings (SSSR count). The highest BCUT2D eigenvalue weighted by atomic mass is 32.1. The second kappa shape index (κ2) is 10.4. The van der Waals surface area contributed by atoms with E-state index in [1.165, 1.54) is 126 Å². The smallest absolute Gasteiger partial charge is 0.333 e. The molecule has 4 aliphatic rings. The summed E-state index contributed by atoms with van der Waals surface area (Å²) < 4.78 is 5.45. The summed E-state index contributed by atoms with van der Waals surface area (Å²) in [4.78, 5) is 2.73. The first kappa shape index (κ1) is 31.7. The Bertz CT molecular complexity index is 3540. The Kier molecular flexibility index (Phi) is 5.67. The summed E-state index contributed by atoms with van der Waals surface area (Å²) in [7, 11) is 0. The van der Waals surface area contributed by atoms with Crippen molar-refractivity contribution in [2.75, 3.05) is 4.81 Å². The molecule has 0 bridgehead atoms. The van der Waals surface area contributed by atoms with Crippen molar-refractivity contribution >= 4 is 82.5 Å². The van der Waals surface area contributed by atoms with Gasteiger partial charge in [0.05, 0.1) is 15.7 Å². The minimum absolute atomic E-state index is 0.0418. The van der Waals surface area contributed by atoms with Crippen molar-refractivity contribution in [3.63, 3.8) is 0 Å². The average molecular weight is 757 g/mol. The zero-order chi connectivity index (χ0) is 38.4. The second-order valence-electron chi connectivity index (χ2n) is 18.0. The molecule has 0 saturated heterocycles. The van der Waals surface area contributed by atoms with E-state index in [0.717, 1.165) is 0 Å². The van der Waals surface area contributed by atoms with Crippen LogP contribution in [-0.4, -0.2) is 11.4 Å². The molecule has 0 amide bonds. The van der Waals surface area contributed by atoms with Gasteiger partial charge in [-0.2, -0.15) is 0 Å². The maximum Gasteiger partial charge on any atom is 0.333 e. The highest BCUT2D eigenvalue weighted by Crippen LogP contribution is 2.57. The molecule has 0 spiro atoms. The normalized spacial score (nSPS) is 15.8. The van der Waals surface area contributed by atoms with Gasteiger partial charge in [-0.1, -0.05) is 143 Å². The van der Waals surface area contributed by atoms with Crippen LogP contribution in [-0.2, 0) is 10.8 Å². The second-order valence-corrected chi connectivity index (χ2v) is 19.1. The Morgan fingerprint density at radius 3 is 2.00 bits per heavy atom. The van der Waals surface area contributed by atoms with Gasteiger partial charge >= 0.3 is 6.85 Å². The zero-order valence-corrected chi connectivity index (χ0v) is 33.6. The number of anilines is 2. The molecule has 4 heterocycles. The summed E-state index contributed by atoms with van der Waals surface area (Å²) in [6, 6.07) is 58.2. The number of para-hydroxylation sites is 1. The molecule has 2 nitrogen and oxygen atoms in total. The van der Waals surface area contributed by atoms with Crippen molar-refractivity contribution in [1.82, 2.24) is 4.57 Å². The van der Waals surface area contributed by atoms with Crippen LogP contribution < -0.4 is 15.7 Å². The van der Waals surface area contributed by atoms with E-state index in [0.29, 0.717) is 0 Å². The predicted molar refractivity (Wildman–Crippen MR) is 248 cm³/mol.